The zero-order valence-electron chi connectivity index (χ0n) is 9.24. The van der Waals surface area contributed by atoms with E-state index in [0.29, 0.717) is 0 Å². The van der Waals surface area contributed by atoms with Crippen molar-refractivity contribution in [2.45, 2.75) is 70.1 Å². The minimum atomic E-state index is -0.865. The van der Waals surface area contributed by atoms with Gasteiger partial charge in [0, 0.05) is 0 Å². The molecule has 1 saturated heterocycles. The van der Waals surface area contributed by atoms with E-state index in [9.17, 15) is 0 Å². The van der Waals surface area contributed by atoms with Gasteiger partial charge < -0.3 is 0 Å². The third-order valence-electron chi connectivity index (χ3n) is 4.22. The molecule has 0 aromatic heterocycles. The van der Waals surface area contributed by atoms with Crippen LogP contribution in [-0.2, 0) is 0 Å². The second-order valence-electron chi connectivity index (χ2n) is 5.40. The molecule has 1 rings (SSSR count). The highest BCUT2D eigenvalue weighted by molar-refractivity contribution is 6.80. The van der Waals surface area contributed by atoms with Crippen molar-refractivity contribution >= 4 is 8.07 Å². The summed E-state index contributed by atoms with van der Waals surface area (Å²) in [5, 5.41) is 0.764. The molecule has 1 heterocycles. The summed E-state index contributed by atoms with van der Waals surface area (Å²) in [6.07, 6.45) is 7.38. The molecule has 0 nitrogen and oxygen atoms in total. The van der Waals surface area contributed by atoms with Gasteiger partial charge in [-0.25, -0.2) is 0 Å². The Hall–Kier alpha value is 0.217. The molecular formula is C11H24Si. The molecule has 1 fully saturated rings. The zero-order chi connectivity index (χ0) is 9.24. The van der Waals surface area contributed by atoms with Gasteiger partial charge in [-0.1, -0.05) is 65.1 Å². The van der Waals surface area contributed by atoms with E-state index in [2.05, 4.69) is 26.9 Å². The van der Waals surface area contributed by atoms with Crippen LogP contribution in [0.3, 0.4) is 0 Å². The van der Waals surface area contributed by atoms with Crippen LogP contribution in [0.15, 0.2) is 0 Å². The van der Waals surface area contributed by atoms with Crippen molar-refractivity contribution in [3.63, 3.8) is 0 Å². The molecule has 12 heavy (non-hydrogen) atoms. The molecule has 1 aliphatic rings. The van der Waals surface area contributed by atoms with Crippen molar-refractivity contribution in [1.29, 1.82) is 0 Å². The minimum absolute atomic E-state index is 0.764. The van der Waals surface area contributed by atoms with Gasteiger partial charge in [-0.05, 0) is 5.04 Å². The Balaban J connectivity index is 2.69. The van der Waals surface area contributed by atoms with Crippen LogP contribution in [0, 0.1) is 0 Å². The van der Waals surface area contributed by atoms with Gasteiger partial charge in [0.2, 0.25) is 0 Å². The van der Waals surface area contributed by atoms with E-state index in [4.69, 9.17) is 0 Å². The van der Waals surface area contributed by atoms with E-state index in [0.717, 1.165) is 5.04 Å². The van der Waals surface area contributed by atoms with Crippen LogP contribution >= 0.6 is 0 Å². The molecule has 0 aromatic rings. The maximum atomic E-state index is 2.60. The third kappa shape index (κ3) is 1.76. The van der Waals surface area contributed by atoms with E-state index in [-0.39, 0.29) is 0 Å². The average Bonchev–Trinajstić information content (AvgIpc) is 1.96. The van der Waals surface area contributed by atoms with Crippen molar-refractivity contribution in [2.75, 3.05) is 0 Å². The summed E-state index contributed by atoms with van der Waals surface area (Å²) in [5.74, 6) is 0. The van der Waals surface area contributed by atoms with Gasteiger partial charge >= 0.3 is 0 Å². The van der Waals surface area contributed by atoms with Crippen LogP contribution in [0.1, 0.15) is 46.0 Å². The standard InChI is InChI=1S/C11H24Si/c1-5-8-11(2)9-6-7-10-12(11,3)4/h5-10H2,1-4H3. The monoisotopic (exact) mass is 184 g/mol. The van der Waals surface area contributed by atoms with Gasteiger partial charge in [0.1, 0.15) is 0 Å². The molecule has 0 bridgehead atoms. The molecule has 1 aliphatic heterocycles. The molecule has 0 aromatic carbocycles. The van der Waals surface area contributed by atoms with Gasteiger partial charge in [0.25, 0.3) is 0 Å². The summed E-state index contributed by atoms with van der Waals surface area (Å²) in [6, 6.07) is 1.57. The smallest absolute Gasteiger partial charge is 0.0533 e. The molecule has 0 spiro atoms. The van der Waals surface area contributed by atoms with Gasteiger partial charge in [0.05, 0.1) is 8.07 Å². The normalized spacial score (nSPS) is 35.0. The van der Waals surface area contributed by atoms with E-state index in [1.165, 1.54) is 32.1 Å². The highest BCUT2D eigenvalue weighted by Gasteiger charge is 2.43. The maximum absolute atomic E-state index is 2.60. The molecular weight excluding hydrogens is 160 g/mol. The number of rotatable bonds is 2. The highest BCUT2D eigenvalue weighted by Crippen LogP contribution is 2.52. The van der Waals surface area contributed by atoms with Crippen molar-refractivity contribution in [3.8, 4) is 0 Å². The second kappa shape index (κ2) is 3.53. The lowest BCUT2D eigenvalue weighted by Crippen LogP contribution is -2.43. The average molecular weight is 184 g/mol. The second-order valence-corrected chi connectivity index (χ2v) is 10.9. The Morgan fingerprint density at radius 3 is 2.42 bits per heavy atom. The summed E-state index contributed by atoms with van der Waals surface area (Å²) < 4.78 is 0. The van der Waals surface area contributed by atoms with Crippen molar-refractivity contribution in [3.05, 3.63) is 0 Å². The Morgan fingerprint density at radius 2 is 1.92 bits per heavy atom. The largest absolute Gasteiger partial charge is 0.0690 e. The Labute approximate surface area is 78.8 Å². The lowest BCUT2D eigenvalue weighted by Gasteiger charge is -2.47. The van der Waals surface area contributed by atoms with Crippen LogP contribution in [0.4, 0.5) is 0 Å². The molecule has 72 valence electrons. The SMILES string of the molecule is CCCC1(C)CCCC[Si]1(C)C. The Bertz CT molecular complexity index is 147. The first-order chi connectivity index (χ1) is 5.52. The molecule has 0 amide bonds. The van der Waals surface area contributed by atoms with Crippen LogP contribution < -0.4 is 0 Å². The fourth-order valence-electron chi connectivity index (χ4n) is 2.74. The lowest BCUT2D eigenvalue weighted by atomic mass is 9.97. The summed E-state index contributed by atoms with van der Waals surface area (Å²) in [5.41, 5.74) is 0. The lowest BCUT2D eigenvalue weighted by molar-refractivity contribution is 0.440. The molecule has 0 radical (unpaired) electrons. The quantitative estimate of drug-likeness (QED) is 0.557. The van der Waals surface area contributed by atoms with Crippen molar-refractivity contribution in [1.82, 2.24) is 0 Å². The number of hydrogen-bond donors (Lipinski definition) is 0. The minimum Gasteiger partial charge on any atom is -0.0690 e. The van der Waals surface area contributed by atoms with Crippen LogP contribution in [0.5, 0.6) is 0 Å². The molecule has 0 saturated carbocycles. The molecule has 1 unspecified atom stereocenters. The van der Waals surface area contributed by atoms with Crippen LogP contribution in [-0.4, -0.2) is 8.07 Å². The summed E-state index contributed by atoms with van der Waals surface area (Å²) >= 11 is 0. The van der Waals surface area contributed by atoms with Gasteiger partial charge in [-0.3, -0.25) is 0 Å². The zero-order valence-corrected chi connectivity index (χ0v) is 10.2. The molecule has 1 heteroatoms. The molecule has 1 atom stereocenters. The highest BCUT2D eigenvalue weighted by atomic mass is 28.3. The van der Waals surface area contributed by atoms with Crippen LogP contribution in [0.25, 0.3) is 0 Å². The molecule has 0 aliphatic carbocycles. The van der Waals surface area contributed by atoms with Gasteiger partial charge in [-0.2, -0.15) is 0 Å². The van der Waals surface area contributed by atoms with Gasteiger partial charge in [-0.15, -0.1) is 0 Å². The fourth-order valence-corrected chi connectivity index (χ4v) is 6.26. The summed E-state index contributed by atoms with van der Waals surface area (Å²) in [4.78, 5) is 0. The summed E-state index contributed by atoms with van der Waals surface area (Å²) in [7, 11) is -0.865. The first kappa shape index (κ1) is 10.3. The molecule has 0 N–H and O–H groups in total. The number of hydrogen-bond acceptors (Lipinski definition) is 0. The van der Waals surface area contributed by atoms with E-state index in [1.807, 2.05) is 0 Å². The topological polar surface area (TPSA) is 0 Å². The Morgan fingerprint density at radius 1 is 1.25 bits per heavy atom. The first-order valence-corrected chi connectivity index (χ1v) is 8.72. The van der Waals surface area contributed by atoms with E-state index < -0.39 is 8.07 Å². The first-order valence-electron chi connectivity index (χ1n) is 5.52. The van der Waals surface area contributed by atoms with Crippen LogP contribution in [0.2, 0.25) is 24.2 Å². The predicted molar refractivity (Wildman–Crippen MR) is 59.4 cm³/mol. The van der Waals surface area contributed by atoms with E-state index in [1.54, 1.807) is 6.04 Å². The van der Waals surface area contributed by atoms with Crippen molar-refractivity contribution in [2.24, 2.45) is 0 Å². The Kier molecular flexibility index (Phi) is 3.03. The van der Waals surface area contributed by atoms with Crippen molar-refractivity contribution < 1.29 is 0 Å². The summed E-state index contributed by atoms with van der Waals surface area (Å²) in [6.45, 7) is 10.1. The fraction of sp³-hybridized carbons (Fsp3) is 1.00. The predicted octanol–water partition coefficient (Wildman–Crippen LogP) is 4.44. The van der Waals surface area contributed by atoms with E-state index >= 15 is 0 Å². The third-order valence-corrected chi connectivity index (χ3v) is 9.59. The van der Waals surface area contributed by atoms with Gasteiger partial charge in [0.15, 0.2) is 0 Å². The maximum Gasteiger partial charge on any atom is 0.0533 e.